The van der Waals surface area contributed by atoms with Crippen LogP contribution in [-0.4, -0.2) is 27.0 Å². The molecule has 1 N–H and O–H groups in total. The van der Waals surface area contributed by atoms with E-state index < -0.39 is 39.6 Å². The van der Waals surface area contributed by atoms with Crippen LogP contribution in [0.5, 0.6) is 0 Å². The van der Waals surface area contributed by atoms with Crippen LogP contribution in [0.3, 0.4) is 0 Å². The van der Waals surface area contributed by atoms with E-state index in [1.165, 1.54) is 20.8 Å². The van der Waals surface area contributed by atoms with Crippen LogP contribution in [0.4, 0.5) is 13.2 Å². The number of carbonyl (C=O) groups is 1. The van der Waals surface area contributed by atoms with Crippen LogP contribution in [0.1, 0.15) is 27.2 Å². The van der Waals surface area contributed by atoms with Gasteiger partial charge in [0.2, 0.25) is 4.33 Å². The van der Waals surface area contributed by atoms with Crippen molar-refractivity contribution in [2.75, 3.05) is 0 Å². The van der Waals surface area contributed by atoms with Crippen molar-refractivity contribution in [2.24, 2.45) is 11.3 Å². The van der Waals surface area contributed by atoms with E-state index >= 15 is 0 Å². The van der Waals surface area contributed by atoms with Gasteiger partial charge in [-0.15, -0.1) is 11.6 Å². The van der Waals surface area contributed by atoms with Crippen LogP contribution in [0, 0.1) is 11.3 Å². The molecule has 0 rings (SSSR count). The van der Waals surface area contributed by atoms with Gasteiger partial charge >= 0.3 is 12.1 Å². The second-order valence-corrected chi connectivity index (χ2v) is 6.77. The van der Waals surface area contributed by atoms with E-state index in [0.29, 0.717) is 0 Å². The molecule has 0 amide bonds. The van der Waals surface area contributed by atoms with Gasteiger partial charge in [-0.05, 0) is 5.41 Å². The van der Waals surface area contributed by atoms with Gasteiger partial charge in [-0.1, -0.05) is 44.0 Å². The molecule has 2 nitrogen and oxygen atoms in total. The molecule has 0 aliphatic rings. The van der Waals surface area contributed by atoms with Crippen LogP contribution >= 0.6 is 34.8 Å². The lowest BCUT2D eigenvalue weighted by atomic mass is 9.75. The van der Waals surface area contributed by atoms with Crippen LogP contribution in [0.25, 0.3) is 0 Å². The van der Waals surface area contributed by atoms with E-state index in [1.54, 1.807) is 0 Å². The van der Waals surface area contributed by atoms with E-state index in [2.05, 4.69) is 0 Å². The largest absolute Gasteiger partial charge is 0.481 e. The van der Waals surface area contributed by atoms with Gasteiger partial charge < -0.3 is 5.11 Å². The Morgan fingerprint density at radius 2 is 1.67 bits per heavy atom. The van der Waals surface area contributed by atoms with Gasteiger partial charge in [-0.3, -0.25) is 4.79 Å². The lowest BCUT2D eigenvalue weighted by molar-refractivity contribution is -0.147. The van der Waals surface area contributed by atoms with E-state index in [4.69, 9.17) is 39.9 Å². The van der Waals surface area contributed by atoms with Crippen LogP contribution in [-0.2, 0) is 4.79 Å². The summed E-state index contributed by atoms with van der Waals surface area (Å²) in [5.74, 6) is -2.08. The summed E-state index contributed by atoms with van der Waals surface area (Å²) in [6.07, 6.45) is -5.61. The summed E-state index contributed by atoms with van der Waals surface area (Å²) in [7, 11) is 0. The Balaban J connectivity index is 4.98. The minimum absolute atomic E-state index is 0.786. The highest BCUT2D eigenvalue weighted by Gasteiger charge is 2.55. The summed E-state index contributed by atoms with van der Waals surface area (Å²) in [4.78, 5) is 10.9. The molecule has 18 heavy (non-hydrogen) atoms. The summed E-state index contributed by atoms with van der Waals surface area (Å²) in [6, 6.07) is 0. The highest BCUT2D eigenvalue weighted by Crippen LogP contribution is 2.48. The predicted molar refractivity (Wildman–Crippen MR) is 65.3 cm³/mol. The third kappa shape index (κ3) is 4.07. The third-order valence-electron chi connectivity index (χ3n) is 3.14. The Labute approximate surface area is 118 Å². The smallest absolute Gasteiger partial charge is 0.421 e. The zero-order chi connectivity index (χ0) is 14.9. The summed E-state index contributed by atoms with van der Waals surface area (Å²) in [5.41, 5.74) is -1.09. The second kappa shape index (κ2) is 5.63. The predicted octanol–water partition coefficient (Wildman–Crippen LogP) is 4.47. The van der Waals surface area contributed by atoms with Gasteiger partial charge in [0.15, 0.2) is 0 Å². The zero-order valence-electron chi connectivity index (χ0n) is 9.99. The van der Waals surface area contributed by atoms with Gasteiger partial charge in [0.25, 0.3) is 0 Å². The first-order chi connectivity index (χ1) is 7.73. The van der Waals surface area contributed by atoms with Crippen molar-refractivity contribution in [3.8, 4) is 0 Å². The van der Waals surface area contributed by atoms with Gasteiger partial charge in [0, 0.05) is 11.8 Å². The molecule has 2 unspecified atom stereocenters. The molecular weight excluding hydrogens is 315 g/mol. The summed E-state index contributed by atoms with van der Waals surface area (Å²) in [5, 5.41) is 7.74. The first-order valence-electron chi connectivity index (χ1n) is 5.05. The van der Waals surface area contributed by atoms with Crippen molar-refractivity contribution in [3.05, 3.63) is 0 Å². The summed E-state index contributed by atoms with van der Waals surface area (Å²) in [6.45, 7) is 4.29. The fourth-order valence-electron chi connectivity index (χ4n) is 1.19. The van der Waals surface area contributed by atoms with Crippen LogP contribution < -0.4 is 0 Å². The molecular formula is C10H14Cl3F3O2. The van der Waals surface area contributed by atoms with Crippen LogP contribution in [0.15, 0.2) is 0 Å². The molecule has 0 aliphatic carbocycles. The summed E-state index contributed by atoms with van der Waals surface area (Å²) >= 11 is 16.3. The Kier molecular flexibility index (Phi) is 5.67. The van der Waals surface area contributed by atoms with Crippen molar-refractivity contribution < 1.29 is 23.1 Å². The van der Waals surface area contributed by atoms with Gasteiger partial charge in [0.1, 0.15) is 0 Å². The minimum atomic E-state index is -4.83. The quantitative estimate of drug-likeness (QED) is 0.756. The standard InChI is InChI=1S/C10H14Cl3F3O2/c1-5(7(17)18)8(2,3)6(11)4-9(12,13)10(14,15)16/h5-6H,4H2,1-3H3,(H,17,18). The Bertz CT molecular complexity index is 316. The van der Waals surface area contributed by atoms with Crippen molar-refractivity contribution in [3.63, 3.8) is 0 Å². The molecule has 0 bridgehead atoms. The minimum Gasteiger partial charge on any atom is -0.481 e. The number of halogens is 6. The Morgan fingerprint density at radius 1 is 1.28 bits per heavy atom. The fourth-order valence-corrected chi connectivity index (χ4v) is 2.08. The van der Waals surface area contributed by atoms with Crippen molar-refractivity contribution in [2.45, 2.75) is 43.1 Å². The number of aliphatic carboxylic acids is 1. The normalized spacial score (nSPS) is 17.4. The van der Waals surface area contributed by atoms with Crippen molar-refractivity contribution in [1.29, 1.82) is 0 Å². The number of carboxylic acid groups (broad SMARTS) is 1. The molecule has 8 heteroatoms. The van der Waals surface area contributed by atoms with Gasteiger partial charge in [-0.25, -0.2) is 0 Å². The molecule has 0 heterocycles. The molecule has 0 fully saturated rings. The number of alkyl halides is 6. The van der Waals surface area contributed by atoms with Gasteiger partial charge in [0.05, 0.1) is 5.92 Å². The zero-order valence-corrected chi connectivity index (χ0v) is 12.3. The molecule has 0 spiro atoms. The first kappa shape index (κ1) is 18.1. The maximum atomic E-state index is 12.5. The molecule has 0 aromatic rings. The number of carboxylic acids is 1. The average Bonchev–Trinajstić information content (AvgIpc) is 2.13. The lowest BCUT2D eigenvalue weighted by Crippen LogP contribution is -2.43. The molecule has 0 aromatic heterocycles. The molecule has 0 radical (unpaired) electrons. The van der Waals surface area contributed by atoms with E-state index in [0.717, 1.165) is 0 Å². The molecule has 0 saturated heterocycles. The average molecular weight is 330 g/mol. The third-order valence-corrected chi connectivity index (χ3v) is 4.60. The van der Waals surface area contributed by atoms with E-state index in [9.17, 15) is 18.0 Å². The van der Waals surface area contributed by atoms with Gasteiger partial charge in [-0.2, -0.15) is 13.2 Å². The summed E-state index contributed by atoms with van der Waals surface area (Å²) < 4.78 is 34.5. The van der Waals surface area contributed by atoms with Crippen molar-refractivity contribution in [1.82, 2.24) is 0 Å². The van der Waals surface area contributed by atoms with E-state index in [-0.39, 0.29) is 0 Å². The number of rotatable bonds is 5. The fraction of sp³-hybridized carbons (Fsp3) is 0.900. The first-order valence-corrected chi connectivity index (χ1v) is 6.24. The highest BCUT2D eigenvalue weighted by atomic mass is 35.5. The number of hydrogen-bond donors (Lipinski definition) is 1. The monoisotopic (exact) mass is 328 g/mol. The van der Waals surface area contributed by atoms with Crippen LogP contribution in [0.2, 0.25) is 0 Å². The maximum Gasteiger partial charge on any atom is 0.421 e. The lowest BCUT2D eigenvalue weighted by Gasteiger charge is -2.36. The Hall–Kier alpha value is 0.130. The molecule has 0 aliphatic heterocycles. The molecule has 108 valence electrons. The number of hydrogen-bond acceptors (Lipinski definition) is 1. The SMILES string of the molecule is CC(C(=O)O)C(C)(C)C(Cl)CC(Cl)(Cl)C(F)(F)F. The molecule has 0 aromatic carbocycles. The molecule has 0 saturated carbocycles. The maximum absolute atomic E-state index is 12.5. The van der Waals surface area contributed by atoms with E-state index in [1.807, 2.05) is 0 Å². The second-order valence-electron chi connectivity index (χ2n) is 4.76. The van der Waals surface area contributed by atoms with Crippen molar-refractivity contribution >= 4 is 40.8 Å². The Morgan fingerprint density at radius 3 is 1.94 bits per heavy atom. The highest BCUT2D eigenvalue weighted by molar-refractivity contribution is 6.49. The topological polar surface area (TPSA) is 37.3 Å². The molecule has 2 atom stereocenters.